The molecule has 0 saturated carbocycles. The summed E-state index contributed by atoms with van der Waals surface area (Å²) in [6.07, 6.45) is -4.50. The number of ether oxygens (including phenoxy) is 2. The molecule has 24 heavy (non-hydrogen) atoms. The second-order valence-corrected chi connectivity index (χ2v) is 5.27. The SMILES string of the molecule is CC(C)[C@H](NC(=O)COc1ccccc1OCC(F)(F)F)C(=O)O. The summed E-state index contributed by atoms with van der Waals surface area (Å²) < 4.78 is 46.3. The van der Waals surface area contributed by atoms with Crippen molar-refractivity contribution in [1.82, 2.24) is 5.32 Å². The van der Waals surface area contributed by atoms with E-state index in [1.807, 2.05) is 0 Å². The number of hydrogen-bond donors (Lipinski definition) is 2. The molecule has 2 N–H and O–H groups in total. The van der Waals surface area contributed by atoms with Crippen molar-refractivity contribution in [3.63, 3.8) is 0 Å². The summed E-state index contributed by atoms with van der Waals surface area (Å²) in [6.45, 7) is 1.21. The van der Waals surface area contributed by atoms with Crippen LogP contribution in [0.4, 0.5) is 13.2 Å². The lowest BCUT2D eigenvalue weighted by molar-refractivity contribution is -0.153. The Morgan fingerprint density at radius 1 is 1.17 bits per heavy atom. The molecule has 0 fully saturated rings. The minimum Gasteiger partial charge on any atom is -0.480 e. The van der Waals surface area contributed by atoms with Gasteiger partial charge in [-0.1, -0.05) is 26.0 Å². The first kappa shape index (κ1) is 19.6. The maximum Gasteiger partial charge on any atom is 0.422 e. The van der Waals surface area contributed by atoms with Crippen molar-refractivity contribution in [1.29, 1.82) is 0 Å². The van der Waals surface area contributed by atoms with Crippen LogP contribution in [0.25, 0.3) is 0 Å². The Balaban J connectivity index is 2.64. The first-order chi connectivity index (χ1) is 11.1. The monoisotopic (exact) mass is 349 g/mol. The average molecular weight is 349 g/mol. The van der Waals surface area contributed by atoms with Gasteiger partial charge in [-0.25, -0.2) is 4.79 Å². The Morgan fingerprint density at radius 3 is 2.17 bits per heavy atom. The van der Waals surface area contributed by atoms with E-state index in [0.29, 0.717) is 0 Å². The molecule has 0 aromatic heterocycles. The number of carbonyl (C=O) groups excluding carboxylic acids is 1. The van der Waals surface area contributed by atoms with Crippen LogP contribution in [0.1, 0.15) is 13.8 Å². The quantitative estimate of drug-likeness (QED) is 0.752. The molecule has 0 saturated heterocycles. The van der Waals surface area contributed by atoms with Crippen LogP contribution in [0, 0.1) is 5.92 Å². The molecule has 0 aliphatic carbocycles. The number of alkyl halides is 3. The summed E-state index contributed by atoms with van der Waals surface area (Å²) in [7, 11) is 0. The Kier molecular flexibility index (Phi) is 6.87. The zero-order chi connectivity index (χ0) is 18.3. The van der Waals surface area contributed by atoms with Crippen LogP contribution in [-0.4, -0.2) is 42.4 Å². The summed E-state index contributed by atoms with van der Waals surface area (Å²) >= 11 is 0. The zero-order valence-electron chi connectivity index (χ0n) is 13.1. The molecule has 0 unspecified atom stereocenters. The Morgan fingerprint density at radius 2 is 1.71 bits per heavy atom. The lowest BCUT2D eigenvalue weighted by Gasteiger charge is -2.18. The van der Waals surface area contributed by atoms with Gasteiger partial charge in [-0.2, -0.15) is 13.2 Å². The summed E-state index contributed by atoms with van der Waals surface area (Å²) in [4.78, 5) is 22.7. The molecule has 134 valence electrons. The number of para-hydroxylation sites is 2. The van der Waals surface area contributed by atoms with E-state index in [2.05, 4.69) is 10.1 Å². The smallest absolute Gasteiger partial charge is 0.422 e. The predicted molar refractivity (Wildman–Crippen MR) is 77.9 cm³/mol. The van der Waals surface area contributed by atoms with Gasteiger partial charge in [0.2, 0.25) is 0 Å². The molecule has 1 atom stereocenters. The van der Waals surface area contributed by atoms with Crippen molar-refractivity contribution >= 4 is 11.9 Å². The van der Waals surface area contributed by atoms with E-state index in [1.54, 1.807) is 13.8 Å². The minimum absolute atomic E-state index is 0.0479. The van der Waals surface area contributed by atoms with Crippen molar-refractivity contribution in [3.8, 4) is 11.5 Å². The molecule has 1 aromatic rings. The molecule has 1 amide bonds. The zero-order valence-corrected chi connectivity index (χ0v) is 13.1. The highest BCUT2D eigenvalue weighted by Gasteiger charge is 2.29. The predicted octanol–water partition coefficient (Wildman–Crippen LogP) is 2.23. The molecule has 0 radical (unpaired) electrons. The molecule has 0 spiro atoms. The van der Waals surface area contributed by atoms with E-state index in [-0.39, 0.29) is 17.4 Å². The summed E-state index contributed by atoms with van der Waals surface area (Å²) in [5.74, 6) is -2.45. The molecule has 6 nitrogen and oxygen atoms in total. The van der Waals surface area contributed by atoms with Gasteiger partial charge in [0.15, 0.2) is 24.7 Å². The van der Waals surface area contributed by atoms with Gasteiger partial charge in [0.1, 0.15) is 6.04 Å². The standard InChI is InChI=1S/C15H18F3NO5/c1-9(2)13(14(21)22)19-12(20)7-23-10-5-3-4-6-11(10)24-8-15(16,17)18/h3-6,9,13H,7-8H2,1-2H3,(H,19,20)(H,21,22)/t13-/m0/s1. The number of rotatable bonds is 8. The van der Waals surface area contributed by atoms with E-state index in [4.69, 9.17) is 9.84 Å². The van der Waals surface area contributed by atoms with E-state index < -0.39 is 37.3 Å². The van der Waals surface area contributed by atoms with Gasteiger partial charge in [-0.15, -0.1) is 0 Å². The van der Waals surface area contributed by atoms with Crippen molar-refractivity contribution in [2.45, 2.75) is 26.1 Å². The van der Waals surface area contributed by atoms with Crippen molar-refractivity contribution in [2.75, 3.05) is 13.2 Å². The summed E-state index contributed by atoms with van der Waals surface area (Å²) in [5.41, 5.74) is 0. The fourth-order valence-electron chi connectivity index (χ4n) is 1.72. The van der Waals surface area contributed by atoms with E-state index >= 15 is 0 Å². The third-order valence-corrected chi connectivity index (χ3v) is 2.85. The highest BCUT2D eigenvalue weighted by molar-refractivity contribution is 5.84. The average Bonchev–Trinajstić information content (AvgIpc) is 2.47. The number of carboxylic acid groups (broad SMARTS) is 1. The summed E-state index contributed by atoms with van der Waals surface area (Å²) in [5, 5.41) is 11.3. The van der Waals surface area contributed by atoms with E-state index in [0.717, 1.165) is 0 Å². The number of halogens is 3. The number of nitrogens with one attached hydrogen (secondary N) is 1. The number of aliphatic carboxylic acids is 1. The maximum atomic E-state index is 12.2. The van der Waals surface area contributed by atoms with Crippen LogP contribution in [0.15, 0.2) is 24.3 Å². The molecule has 1 aromatic carbocycles. The van der Waals surface area contributed by atoms with Gasteiger partial charge < -0.3 is 19.9 Å². The van der Waals surface area contributed by atoms with Gasteiger partial charge >= 0.3 is 12.1 Å². The van der Waals surface area contributed by atoms with Crippen molar-refractivity contribution < 1.29 is 37.3 Å². The third kappa shape index (κ3) is 6.76. The van der Waals surface area contributed by atoms with Gasteiger partial charge in [0.25, 0.3) is 5.91 Å². The molecule has 0 aliphatic heterocycles. The Bertz CT molecular complexity index is 574. The highest BCUT2D eigenvalue weighted by Crippen LogP contribution is 2.28. The largest absolute Gasteiger partial charge is 0.480 e. The molecular formula is C15H18F3NO5. The van der Waals surface area contributed by atoms with Crippen LogP contribution < -0.4 is 14.8 Å². The fourth-order valence-corrected chi connectivity index (χ4v) is 1.72. The van der Waals surface area contributed by atoms with Crippen molar-refractivity contribution in [2.24, 2.45) is 5.92 Å². The highest BCUT2D eigenvalue weighted by atomic mass is 19.4. The van der Waals surface area contributed by atoms with Crippen LogP contribution in [0.2, 0.25) is 0 Å². The normalized spacial score (nSPS) is 12.6. The maximum absolute atomic E-state index is 12.2. The van der Waals surface area contributed by atoms with Gasteiger partial charge in [0, 0.05) is 0 Å². The Labute approximate surface area is 136 Å². The second kappa shape index (κ2) is 8.42. The summed E-state index contributed by atoms with van der Waals surface area (Å²) in [6, 6.07) is 4.49. The van der Waals surface area contributed by atoms with Crippen LogP contribution >= 0.6 is 0 Å². The van der Waals surface area contributed by atoms with Crippen LogP contribution in [0.5, 0.6) is 11.5 Å². The van der Waals surface area contributed by atoms with Crippen LogP contribution in [-0.2, 0) is 9.59 Å². The number of amides is 1. The fraction of sp³-hybridized carbons (Fsp3) is 0.467. The molecule has 9 heteroatoms. The third-order valence-electron chi connectivity index (χ3n) is 2.85. The number of benzene rings is 1. The number of carbonyl (C=O) groups is 2. The Hall–Kier alpha value is -2.45. The van der Waals surface area contributed by atoms with Gasteiger partial charge in [-0.05, 0) is 18.1 Å². The second-order valence-electron chi connectivity index (χ2n) is 5.27. The lowest BCUT2D eigenvalue weighted by atomic mass is 10.1. The van der Waals surface area contributed by atoms with Gasteiger partial charge in [-0.3, -0.25) is 4.79 Å². The molecule has 1 rings (SSSR count). The van der Waals surface area contributed by atoms with E-state index in [1.165, 1.54) is 24.3 Å². The first-order valence-corrected chi connectivity index (χ1v) is 7.03. The van der Waals surface area contributed by atoms with Gasteiger partial charge in [0.05, 0.1) is 0 Å². The van der Waals surface area contributed by atoms with Crippen molar-refractivity contribution in [3.05, 3.63) is 24.3 Å². The lowest BCUT2D eigenvalue weighted by Crippen LogP contribution is -2.46. The molecular weight excluding hydrogens is 331 g/mol. The number of carboxylic acids is 1. The van der Waals surface area contributed by atoms with Crippen LogP contribution in [0.3, 0.4) is 0 Å². The minimum atomic E-state index is -4.50. The first-order valence-electron chi connectivity index (χ1n) is 7.03. The molecule has 0 bridgehead atoms. The topological polar surface area (TPSA) is 84.9 Å². The molecule has 0 heterocycles. The van der Waals surface area contributed by atoms with E-state index in [9.17, 15) is 22.8 Å². The number of hydrogen-bond acceptors (Lipinski definition) is 4. The molecule has 0 aliphatic rings.